The van der Waals surface area contributed by atoms with E-state index in [-0.39, 0.29) is 5.56 Å². The fourth-order valence-electron chi connectivity index (χ4n) is 2.67. The topological polar surface area (TPSA) is 67.9 Å². The minimum Gasteiger partial charge on any atom is -0.385 e. The van der Waals surface area contributed by atoms with Crippen molar-refractivity contribution in [2.45, 2.75) is 23.9 Å². The van der Waals surface area contributed by atoms with Crippen molar-refractivity contribution in [3.05, 3.63) is 69.0 Å². The van der Waals surface area contributed by atoms with Crippen molar-refractivity contribution >= 4 is 34.3 Å². The molecule has 0 bridgehead atoms. The average molecular weight is 400 g/mol. The van der Waals surface area contributed by atoms with Crippen molar-refractivity contribution in [1.82, 2.24) is 9.55 Å². The Morgan fingerprint density at radius 2 is 2.04 bits per heavy atom. The molecule has 0 atom stereocenters. The van der Waals surface area contributed by atoms with Crippen LogP contribution in [-0.2, 0) is 17.0 Å². The number of ether oxygens (including phenoxy) is 1. The fraction of sp³-hybridized carbons (Fsp3) is 0.250. The van der Waals surface area contributed by atoms with Crippen molar-refractivity contribution in [3.8, 4) is 6.07 Å². The van der Waals surface area contributed by atoms with Gasteiger partial charge in [-0.25, -0.2) is 4.98 Å². The van der Waals surface area contributed by atoms with Crippen LogP contribution in [0.15, 0.2) is 52.4 Å². The number of hydrogen-bond donors (Lipinski definition) is 0. The Morgan fingerprint density at radius 3 is 2.74 bits per heavy atom. The highest BCUT2D eigenvalue weighted by molar-refractivity contribution is 7.98. The van der Waals surface area contributed by atoms with Crippen LogP contribution >= 0.6 is 23.4 Å². The molecule has 0 N–H and O–H groups in total. The fourth-order valence-corrected chi connectivity index (χ4v) is 3.82. The Labute approximate surface area is 166 Å². The van der Waals surface area contributed by atoms with Gasteiger partial charge in [0.05, 0.1) is 22.5 Å². The van der Waals surface area contributed by atoms with E-state index in [1.54, 1.807) is 42.0 Å². The molecule has 0 saturated carbocycles. The molecular formula is C20H18ClN3O2S. The van der Waals surface area contributed by atoms with Gasteiger partial charge in [-0.1, -0.05) is 35.5 Å². The predicted octanol–water partition coefficient (Wildman–Crippen LogP) is 4.25. The van der Waals surface area contributed by atoms with E-state index >= 15 is 0 Å². The first-order valence-electron chi connectivity index (χ1n) is 8.43. The number of nitrogens with zero attached hydrogens (tertiary/aromatic N) is 3. The SMILES string of the molecule is COCCCn1c(SCc2ccc(C#N)cc2)nc2cc(Cl)ccc2c1=O. The second-order valence-corrected chi connectivity index (χ2v) is 7.34. The summed E-state index contributed by atoms with van der Waals surface area (Å²) in [6.45, 7) is 1.11. The number of fused-ring (bicyclic) bond motifs is 1. The number of rotatable bonds is 7. The minimum absolute atomic E-state index is 0.0740. The molecule has 5 nitrogen and oxygen atoms in total. The first kappa shape index (κ1) is 19.4. The molecule has 0 aliphatic carbocycles. The summed E-state index contributed by atoms with van der Waals surface area (Å²) in [5, 5.41) is 10.7. The summed E-state index contributed by atoms with van der Waals surface area (Å²) in [4.78, 5) is 17.6. The molecule has 0 amide bonds. The van der Waals surface area contributed by atoms with Gasteiger partial charge in [0.15, 0.2) is 5.16 Å². The largest absolute Gasteiger partial charge is 0.385 e. The maximum Gasteiger partial charge on any atom is 0.262 e. The van der Waals surface area contributed by atoms with Crippen molar-refractivity contribution < 1.29 is 4.74 Å². The number of benzene rings is 2. The third-order valence-corrected chi connectivity index (χ3v) is 5.35. The summed E-state index contributed by atoms with van der Waals surface area (Å²) in [7, 11) is 1.64. The van der Waals surface area contributed by atoms with E-state index in [9.17, 15) is 4.79 Å². The van der Waals surface area contributed by atoms with Crippen LogP contribution in [0.1, 0.15) is 17.5 Å². The van der Waals surface area contributed by atoms with Crippen LogP contribution in [0, 0.1) is 11.3 Å². The van der Waals surface area contributed by atoms with Gasteiger partial charge >= 0.3 is 0 Å². The van der Waals surface area contributed by atoms with Gasteiger partial charge in [0.1, 0.15) is 0 Å². The highest BCUT2D eigenvalue weighted by atomic mass is 35.5. The van der Waals surface area contributed by atoms with Crippen molar-refractivity contribution in [1.29, 1.82) is 5.26 Å². The summed E-state index contributed by atoms with van der Waals surface area (Å²) < 4.78 is 6.81. The molecule has 2 aromatic carbocycles. The van der Waals surface area contributed by atoms with Gasteiger partial charge in [-0.05, 0) is 42.3 Å². The van der Waals surface area contributed by atoms with Gasteiger partial charge in [-0.15, -0.1) is 0 Å². The molecule has 3 aromatic rings. The van der Waals surface area contributed by atoms with Crippen LogP contribution in [0.3, 0.4) is 0 Å². The first-order chi connectivity index (χ1) is 13.1. The van der Waals surface area contributed by atoms with E-state index in [2.05, 4.69) is 11.1 Å². The van der Waals surface area contributed by atoms with Crippen LogP contribution in [-0.4, -0.2) is 23.3 Å². The van der Waals surface area contributed by atoms with E-state index < -0.39 is 0 Å². The maximum atomic E-state index is 12.9. The average Bonchev–Trinajstić information content (AvgIpc) is 2.68. The van der Waals surface area contributed by atoms with Gasteiger partial charge in [0.2, 0.25) is 0 Å². The molecule has 27 heavy (non-hydrogen) atoms. The Kier molecular flexibility index (Phi) is 6.51. The maximum absolute atomic E-state index is 12.9. The number of halogens is 1. The van der Waals surface area contributed by atoms with Crippen molar-refractivity contribution in [2.24, 2.45) is 0 Å². The van der Waals surface area contributed by atoms with Crippen LogP contribution in [0.4, 0.5) is 0 Å². The monoisotopic (exact) mass is 399 g/mol. The lowest BCUT2D eigenvalue weighted by atomic mass is 10.2. The second-order valence-electron chi connectivity index (χ2n) is 5.96. The normalized spacial score (nSPS) is 10.9. The zero-order valence-electron chi connectivity index (χ0n) is 14.8. The summed E-state index contributed by atoms with van der Waals surface area (Å²) >= 11 is 7.56. The molecule has 0 fully saturated rings. The van der Waals surface area contributed by atoms with Crippen LogP contribution in [0.25, 0.3) is 10.9 Å². The molecule has 0 saturated heterocycles. The van der Waals surface area contributed by atoms with E-state index in [1.807, 2.05) is 12.1 Å². The Morgan fingerprint density at radius 1 is 1.26 bits per heavy atom. The van der Waals surface area contributed by atoms with Gasteiger partial charge in [-0.2, -0.15) is 5.26 Å². The lowest BCUT2D eigenvalue weighted by Gasteiger charge is -2.13. The molecule has 7 heteroatoms. The van der Waals surface area contributed by atoms with Crippen LogP contribution in [0.5, 0.6) is 0 Å². The van der Waals surface area contributed by atoms with Gasteiger partial charge < -0.3 is 4.74 Å². The quantitative estimate of drug-likeness (QED) is 0.337. The molecule has 0 aliphatic rings. The molecule has 3 rings (SSSR count). The molecule has 0 radical (unpaired) electrons. The van der Waals surface area contributed by atoms with E-state index in [4.69, 9.17) is 21.6 Å². The Bertz CT molecular complexity index is 1040. The van der Waals surface area contributed by atoms with Crippen LogP contribution < -0.4 is 5.56 Å². The number of methoxy groups -OCH3 is 1. The second kappa shape index (κ2) is 9.05. The van der Waals surface area contributed by atoms with E-state index in [0.717, 1.165) is 12.0 Å². The van der Waals surface area contributed by atoms with Crippen LogP contribution in [0.2, 0.25) is 5.02 Å². The molecule has 1 aromatic heterocycles. The minimum atomic E-state index is -0.0740. The smallest absolute Gasteiger partial charge is 0.262 e. The number of aromatic nitrogens is 2. The van der Waals surface area contributed by atoms with Crippen molar-refractivity contribution in [3.63, 3.8) is 0 Å². The third-order valence-electron chi connectivity index (χ3n) is 4.06. The van der Waals surface area contributed by atoms with Gasteiger partial charge in [0, 0.05) is 31.0 Å². The highest BCUT2D eigenvalue weighted by Crippen LogP contribution is 2.24. The number of hydrogen-bond acceptors (Lipinski definition) is 5. The summed E-state index contributed by atoms with van der Waals surface area (Å²) in [6.07, 6.45) is 0.724. The molecule has 138 valence electrons. The van der Waals surface area contributed by atoms with E-state index in [0.29, 0.717) is 45.5 Å². The van der Waals surface area contributed by atoms with Crippen molar-refractivity contribution in [2.75, 3.05) is 13.7 Å². The number of thioether (sulfide) groups is 1. The third kappa shape index (κ3) is 4.69. The summed E-state index contributed by atoms with van der Waals surface area (Å²) in [5.41, 5.74) is 2.20. The standard InChI is InChI=1S/C20H18ClN3O2S/c1-26-10-2-9-24-19(25)17-8-7-16(21)11-18(17)23-20(24)27-13-15-5-3-14(12-22)4-6-15/h3-8,11H,2,9-10,13H2,1H3. The molecule has 0 aliphatic heterocycles. The Hall–Kier alpha value is -2.33. The summed E-state index contributed by atoms with van der Waals surface area (Å²) in [5.74, 6) is 0.647. The lowest BCUT2D eigenvalue weighted by molar-refractivity contribution is 0.189. The van der Waals surface area contributed by atoms with E-state index in [1.165, 1.54) is 11.8 Å². The first-order valence-corrected chi connectivity index (χ1v) is 9.79. The molecular weight excluding hydrogens is 382 g/mol. The molecule has 0 spiro atoms. The van der Waals surface area contributed by atoms with Gasteiger partial charge in [0.25, 0.3) is 5.56 Å². The zero-order chi connectivity index (χ0) is 19.2. The lowest BCUT2D eigenvalue weighted by Crippen LogP contribution is -2.24. The number of nitriles is 1. The Balaban J connectivity index is 1.93. The van der Waals surface area contributed by atoms with Gasteiger partial charge in [-0.3, -0.25) is 9.36 Å². The summed E-state index contributed by atoms with van der Waals surface area (Å²) in [6, 6.07) is 14.6. The zero-order valence-corrected chi connectivity index (χ0v) is 16.4. The highest BCUT2D eigenvalue weighted by Gasteiger charge is 2.12. The molecule has 1 heterocycles. The predicted molar refractivity (Wildman–Crippen MR) is 108 cm³/mol. The molecule has 0 unspecified atom stereocenters.